The van der Waals surface area contributed by atoms with E-state index in [0.717, 1.165) is 38.5 Å². The van der Waals surface area contributed by atoms with Gasteiger partial charge in [-0.1, -0.05) is 45.0 Å². The molecule has 6 nitrogen and oxygen atoms in total. The molecule has 1 aliphatic rings. The highest BCUT2D eigenvalue weighted by atomic mass is 16.5. The normalized spacial score (nSPS) is 15.9. The van der Waals surface area contributed by atoms with Gasteiger partial charge in [0.15, 0.2) is 0 Å². The molecule has 0 bridgehead atoms. The molecule has 1 aromatic carbocycles. The number of aromatic nitrogens is 2. The Morgan fingerprint density at radius 3 is 2.27 bits per heavy atom. The van der Waals surface area contributed by atoms with Crippen LogP contribution in [0.3, 0.4) is 0 Å². The fourth-order valence-corrected chi connectivity index (χ4v) is 3.20. The Balaban J connectivity index is 1.58. The molecule has 3 rings (SSSR count). The molecule has 0 saturated carbocycles. The molecular formula is C20H29N5O. The van der Waals surface area contributed by atoms with E-state index in [1.807, 2.05) is 6.07 Å². The smallest absolute Gasteiger partial charge is 0.225 e. The Labute approximate surface area is 156 Å². The zero-order chi connectivity index (χ0) is 18.7. The maximum absolute atomic E-state index is 5.77. The van der Waals surface area contributed by atoms with Gasteiger partial charge in [0.2, 0.25) is 11.8 Å². The third kappa shape index (κ3) is 4.43. The third-order valence-corrected chi connectivity index (χ3v) is 4.84. The van der Waals surface area contributed by atoms with Gasteiger partial charge in [0.1, 0.15) is 5.82 Å². The first-order valence-electron chi connectivity index (χ1n) is 9.10. The molecule has 2 N–H and O–H groups in total. The number of rotatable bonds is 4. The van der Waals surface area contributed by atoms with Crippen LogP contribution in [0.2, 0.25) is 0 Å². The van der Waals surface area contributed by atoms with Crippen molar-refractivity contribution in [1.29, 1.82) is 0 Å². The number of hydrogen-bond acceptors (Lipinski definition) is 6. The summed E-state index contributed by atoms with van der Waals surface area (Å²) in [5.41, 5.74) is 8.71. The lowest BCUT2D eigenvalue weighted by atomic mass is 9.87. The van der Waals surface area contributed by atoms with Gasteiger partial charge in [-0.2, -0.15) is 9.97 Å². The van der Waals surface area contributed by atoms with Crippen molar-refractivity contribution in [2.75, 3.05) is 43.9 Å². The first-order valence-corrected chi connectivity index (χ1v) is 9.10. The highest BCUT2D eigenvalue weighted by Crippen LogP contribution is 2.23. The highest BCUT2D eigenvalue weighted by molar-refractivity contribution is 5.46. The van der Waals surface area contributed by atoms with Crippen LogP contribution < -0.4 is 15.4 Å². The molecule has 0 atom stereocenters. The number of benzene rings is 1. The minimum Gasteiger partial charge on any atom is -0.481 e. The lowest BCUT2D eigenvalue weighted by Crippen LogP contribution is -2.46. The van der Waals surface area contributed by atoms with Gasteiger partial charge >= 0.3 is 0 Å². The van der Waals surface area contributed by atoms with Crippen LogP contribution in [0, 0.1) is 0 Å². The molecule has 0 amide bonds. The summed E-state index contributed by atoms with van der Waals surface area (Å²) in [6, 6.07) is 10.9. The van der Waals surface area contributed by atoms with Crippen molar-refractivity contribution in [3.8, 4) is 5.88 Å². The van der Waals surface area contributed by atoms with Crippen molar-refractivity contribution in [3.63, 3.8) is 0 Å². The molecule has 140 valence electrons. The fraction of sp³-hybridized carbons (Fsp3) is 0.500. The van der Waals surface area contributed by atoms with Crippen molar-refractivity contribution < 1.29 is 4.74 Å². The van der Waals surface area contributed by atoms with Crippen LogP contribution in [0.1, 0.15) is 31.9 Å². The van der Waals surface area contributed by atoms with Crippen molar-refractivity contribution in [3.05, 3.63) is 41.5 Å². The summed E-state index contributed by atoms with van der Waals surface area (Å²) in [7, 11) is 1.59. The number of nitrogens with zero attached hydrogens (tertiary/aromatic N) is 4. The molecule has 1 aromatic heterocycles. The number of piperazine rings is 1. The molecule has 6 heteroatoms. The summed E-state index contributed by atoms with van der Waals surface area (Å²) in [6.07, 6.45) is 0. The predicted octanol–water partition coefficient (Wildman–Crippen LogP) is 2.69. The molecule has 0 aliphatic carbocycles. The molecule has 0 radical (unpaired) electrons. The van der Waals surface area contributed by atoms with Gasteiger partial charge in [-0.15, -0.1) is 0 Å². The molecule has 1 saturated heterocycles. The monoisotopic (exact) mass is 355 g/mol. The number of hydrogen-bond donors (Lipinski definition) is 1. The molecule has 2 aromatic rings. The van der Waals surface area contributed by atoms with Gasteiger partial charge in [0, 0.05) is 38.8 Å². The Bertz CT molecular complexity index is 731. The van der Waals surface area contributed by atoms with Crippen molar-refractivity contribution >= 4 is 11.8 Å². The number of methoxy groups -OCH3 is 1. The maximum atomic E-state index is 5.77. The van der Waals surface area contributed by atoms with E-state index >= 15 is 0 Å². The summed E-state index contributed by atoms with van der Waals surface area (Å²) < 4.78 is 5.19. The average molecular weight is 355 g/mol. The number of nitrogens with two attached hydrogens (primary N) is 1. The first kappa shape index (κ1) is 18.5. The van der Waals surface area contributed by atoms with Crippen LogP contribution in [0.4, 0.5) is 11.8 Å². The molecular weight excluding hydrogens is 326 g/mol. The fourth-order valence-electron chi connectivity index (χ4n) is 3.20. The van der Waals surface area contributed by atoms with Crippen LogP contribution >= 0.6 is 0 Å². The SMILES string of the molecule is COc1cc(N2CCN(Cc3ccc(C(C)(C)C)cc3)CC2)nc(N)n1. The Morgan fingerprint density at radius 2 is 1.69 bits per heavy atom. The zero-order valence-corrected chi connectivity index (χ0v) is 16.2. The van der Waals surface area contributed by atoms with Gasteiger partial charge in [0.05, 0.1) is 7.11 Å². The summed E-state index contributed by atoms with van der Waals surface area (Å²) in [6.45, 7) is 11.5. The van der Waals surface area contributed by atoms with E-state index in [2.05, 4.69) is 64.8 Å². The minimum absolute atomic E-state index is 0.199. The average Bonchev–Trinajstić information content (AvgIpc) is 2.61. The summed E-state index contributed by atoms with van der Waals surface area (Å²) in [4.78, 5) is 13.1. The van der Waals surface area contributed by atoms with Gasteiger partial charge in [-0.25, -0.2) is 0 Å². The van der Waals surface area contributed by atoms with Crippen LogP contribution in [0.15, 0.2) is 30.3 Å². The van der Waals surface area contributed by atoms with E-state index in [9.17, 15) is 0 Å². The largest absolute Gasteiger partial charge is 0.481 e. The molecule has 2 heterocycles. The molecule has 26 heavy (non-hydrogen) atoms. The number of anilines is 2. The number of nitrogen functional groups attached to an aromatic ring is 1. The second-order valence-electron chi connectivity index (χ2n) is 7.84. The summed E-state index contributed by atoms with van der Waals surface area (Å²) in [5.74, 6) is 1.60. The second kappa shape index (κ2) is 7.50. The number of ether oxygens (including phenoxy) is 1. The topological polar surface area (TPSA) is 67.5 Å². The first-order chi connectivity index (χ1) is 12.3. The maximum Gasteiger partial charge on any atom is 0.225 e. The summed E-state index contributed by atoms with van der Waals surface area (Å²) in [5, 5.41) is 0. The molecule has 0 unspecified atom stereocenters. The van der Waals surface area contributed by atoms with Crippen molar-refractivity contribution in [2.24, 2.45) is 0 Å². The van der Waals surface area contributed by atoms with Crippen molar-refractivity contribution in [2.45, 2.75) is 32.7 Å². The predicted molar refractivity (Wildman–Crippen MR) is 106 cm³/mol. The highest BCUT2D eigenvalue weighted by Gasteiger charge is 2.20. The molecule has 1 fully saturated rings. The summed E-state index contributed by atoms with van der Waals surface area (Å²) >= 11 is 0. The quantitative estimate of drug-likeness (QED) is 0.909. The van der Waals surface area contributed by atoms with Gasteiger partial charge in [0.25, 0.3) is 0 Å². The van der Waals surface area contributed by atoms with Crippen molar-refractivity contribution in [1.82, 2.24) is 14.9 Å². The van der Waals surface area contributed by atoms with E-state index in [1.54, 1.807) is 7.11 Å². The minimum atomic E-state index is 0.199. The van der Waals surface area contributed by atoms with E-state index in [4.69, 9.17) is 10.5 Å². The van der Waals surface area contributed by atoms with E-state index < -0.39 is 0 Å². The Hall–Kier alpha value is -2.34. The van der Waals surface area contributed by atoms with E-state index in [0.29, 0.717) is 5.88 Å². The van der Waals surface area contributed by atoms with Gasteiger partial charge in [-0.3, -0.25) is 4.90 Å². The van der Waals surface area contributed by atoms with Crippen LogP contribution in [-0.4, -0.2) is 48.2 Å². The lowest BCUT2D eigenvalue weighted by Gasteiger charge is -2.35. The van der Waals surface area contributed by atoms with E-state index in [1.165, 1.54) is 11.1 Å². The molecule has 1 aliphatic heterocycles. The lowest BCUT2D eigenvalue weighted by molar-refractivity contribution is 0.249. The van der Waals surface area contributed by atoms with Gasteiger partial charge < -0.3 is 15.4 Å². The van der Waals surface area contributed by atoms with E-state index in [-0.39, 0.29) is 11.4 Å². The second-order valence-corrected chi connectivity index (χ2v) is 7.84. The van der Waals surface area contributed by atoms with Gasteiger partial charge in [-0.05, 0) is 16.5 Å². The Morgan fingerprint density at radius 1 is 1.04 bits per heavy atom. The Kier molecular flexibility index (Phi) is 5.32. The standard InChI is InChI=1S/C20H29N5O/c1-20(2,3)16-7-5-15(6-8-16)14-24-9-11-25(12-10-24)17-13-18(26-4)23-19(21)22-17/h5-8,13H,9-12,14H2,1-4H3,(H2,21,22,23). The van der Waals surface area contributed by atoms with Crippen LogP contribution in [0.25, 0.3) is 0 Å². The van der Waals surface area contributed by atoms with Crippen LogP contribution in [-0.2, 0) is 12.0 Å². The third-order valence-electron chi connectivity index (χ3n) is 4.84. The zero-order valence-electron chi connectivity index (χ0n) is 16.2. The van der Waals surface area contributed by atoms with Crippen LogP contribution in [0.5, 0.6) is 5.88 Å². The molecule has 0 spiro atoms.